The molecule has 6 heteroatoms. The molecule has 1 amide bonds. The molecule has 0 fully saturated rings. The summed E-state index contributed by atoms with van der Waals surface area (Å²) in [4.78, 5) is 11.8. The number of amides is 1. The van der Waals surface area contributed by atoms with Gasteiger partial charge in [-0.05, 0) is 25.1 Å². The Bertz CT molecular complexity index is 388. The van der Waals surface area contributed by atoms with E-state index in [0.29, 0.717) is 31.1 Å². The molecule has 0 aromatic heterocycles. The number of ether oxygens (including phenoxy) is 2. The minimum absolute atomic E-state index is 0. The fraction of sp³-hybridized carbons (Fsp3) is 0.462. The zero-order valence-corrected chi connectivity index (χ0v) is 12.0. The number of nitrogens with two attached hydrogens (primary N) is 1. The Morgan fingerprint density at radius 1 is 1.42 bits per heavy atom. The molecule has 0 aliphatic heterocycles. The second kappa shape index (κ2) is 9.61. The molecule has 108 valence electrons. The number of methoxy groups -OCH3 is 1. The molecule has 19 heavy (non-hydrogen) atoms. The Labute approximate surface area is 119 Å². The van der Waals surface area contributed by atoms with Crippen LogP contribution in [0.3, 0.4) is 0 Å². The van der Waals surface area contributed by atoms with Gasteiger partial charge in [-0.1, -0.05) is 6.07 Å². The number of carbonyl (C=O) groups is 1. The maximum Gasteiger partial charge on any atom is 0.251 e. The normalized spacial score (nSPS) is 11.3. The minimum atomic E-state index is -0.148. The lowest BCUT2D eigenvalue weighted by Gasteiger charge is -2.12. The first-order valence-electron chi connectivity index (χ1n) is 5.90. The molecule has 0 aliphatic rings. The van der Waals surface area contributed by atoms with Crippen LogP contribution in [0.25, 0.3) is 0 Å². The SMILES string of the molecule is COCCOc1cccc(C(=O)N[C@@H](C)CN)c1.Cl. The maximum atomic E-state index is 11.8. The first-order valence-corrected chi connectivity index (χ1v) is 5.90. The van der Waals surface area contributed by atoms with Crippen LogP contribution in [-0.2, 0) is 4.74 Å². The second-order valence-corrected chi connectivity index (χ2v) is 3.98. The van der Waals surface area contributed by atoms with Crippen molar-refractivity contribution < 1.29 is 14.3 Å². The second-order valence-electron chi connectivity index (χ2n) is 3.98. The van der Waals surface area contributed by atoms with E-state index in [1.165, 1.54) is 0 Å². The predicted octanol–water partition coefficient (Wildman–Crippen LogP) is 1.21. The van der Waals surface area contributed by atoms with Crippen molar-refractivity contribution >= 4 is 18.3 Å². The van der Waals surface area contributed by atoms with Gasteiger partial charge in [0.05, 0.1) is 6.61 Å². The highest BCUT2D eigenvalue weighted by atomic mass is 35.5. The Morgan fingerprint density at radius 2 is 2.16 bits per heavy atom. The van der Waals surface area contributed by atoms with Crippen LogP contribution < -0.4 is 15.8 Å². The molecule has 1 aromatic rings. The summed E-state index contributed by atoms with van der Waals surface area (Å²) in [6.45, 7) is 3.24. The van der Waals surface area contributed by atoms with Crippen molar-refractivity contribution in [2.45, 2.75) is 13.0 Å². The topological polar surface area (TPSA) is 73.6 Å². The van der Waals surface area contributed by atoms with Crippen LogP contribution in [0.2, 0.25) is 0 Å². The Kier molecular flexibility index (Phi) is 8.95. The van der Waals surface area contributed by atoms with E-state index in [4.69, 9.17) is 15.2 Å². The highest BCUT2D eigenvalue weighted by Gasteiger charge is 2.09. The molecule has 1 rings (SSSR count). The minimum Gasteiger partial charge on any atom is -0.491 e. The van der Waals surface area contributed by atoms with Gasteiger partial charge in [-0.15, -0.1) is 12.4 Å². The Balaban J connectivity index is 0.00000324. The van der Waals surface area contributed by atoms with Crippen molar-refractivity contribution in [3.05, 3.63) is 29.8 Å². The molecule has 5 nitrogen and oxygen atoms in total. The van der Waals surface area contributed by atoms with E-state index < -0.39 is 0 Å². The van der Waals surface area contributed by atoms with Gasteiger partial charge in [-0.3, -0.25) is 4.79 Å². The molecule has 0 heterocycles. The van der Waals surface area contributed by atoms with Gasteiger partial charge in [0.15, 0.2) is 0 Å². The smallest absolute Gasteiger partial charge is 0.251 e. The number of rotatable bonds is 7. The third-order valence-corrected chi connectivity index (χ3v) is 2.38. The van der Waals surface area contributed by atoms with Gasteiger partial charge in [0.2, 0.25) is 0 Å². The molecule has 0 spiro atoms. The molecule has 0 bridgehead atoms. The van der Waals surface area contributed by atoms with Gasteiger partial charge in [-0.2, -0.15) is 0 Å². The molecule has 0 radical (unpaired) electrons. The maximum absolute atomic E-state index is 11.8. The summed E-state index contributed by atoms with van der Waals surface area (Å²) in [5.74, 6) is 0.505. The molecular formula is C13H21ClN2O3. The van der Waals surface area contributed by atoms with Crippen molar-refractivity contribution in [3.63, 3.8) is 0 Å². The van der Waals surface area contributed by atoms with E-state index in [1.807, 2.05) is 6.92 Å². The lowest BCUT2D eigenvalue weighted by atomic mass is 10.2. The standard InChI is InChI=1S/C13H20N2O3.ClH/c1-10(9-14)15-13(16)11-4-3-5-12(8-11)18-7-6-17-2;/h3-5,8,10H,6-7,9,14H2,1-2H3,(H,15,16);1H/t10-;/m0./s1. The fourth-order valence-electron chi connectivity index (χ4n) is 1.34. The number of nitrogens with one attached hydrogen (secondary N) is 1. The van der Waals surface area contributed by atoms with Gasteiger partial charge in [-0.25, -0.2) is 0 Å². The molecule has 0 unspecified atom stereocenters. The van der Waals surface area contributed by atoms with E-state index in [-0.39, 0.29) is 24.4 Å². The molecule has 1 aromatic carbocycles. The quantitative estimate of drug-likeness (QED) is 0.740. The molecule has 0 saturated carbocycles. The van der Waals surface area contributed by atoms with Crippen LogP contribution in [-0.4, -0.2) is 38.8 Å². The number of carbonyl (C=O) groups excluding carboxylic acids is 1. The molecule has 1 atom stereocenters. The zero-order chi connectivity index (χ0) is 13.4. The Hall–Kier alpha value is -1.30. The van der Waals surface area contributed by atoms with E-state index in [9.17, 15) is 4.79 Å². The van der Waals surface area contributed by atoms with Crippen LogP contribution in [0.4, 0.5) is 0 Å². The summed E-state index contributed by atoms with van der Waals surface area (Å²) in [6, 6.07) is 6.98. The molecular weight excluding hydrogens is 268 g/mol. The lowest BCUT2D eigenvalue weighted by molar-refractivity contribution is 0.0940. The highest BCUT2D eigenvalue weighted by Crippen LogP contribution is 2.13. The van der Waals surface area contributed by atoms with Crippen LogP contribution in [0, 0.1) is 0 Å². The van der Waals surface area contributed by atoms with E-state index in [1.54, 1.807) is 31.4 Å². The summed E-state index contributed by atoms with van der Waals surface area (Å²) < 4.78 is 10.3. The number of hydrogen-bond acceptors (Lipinski definition) is 4. The van der Waals surface area contributed by atoms with Crippen molar-refractivity contribution in [2.24, 2.45) is 5.73 Å². The highest BCUT2D eigenvalue weighted by molar-refractivity contribution is 5.94. The van der Waals surface area contributed by atoms with Crippen LogP contribution in [0.15, 0.2) is 24.3 Å². The first-order chi connectivity index (χ1) is 8.67. The summed E-state index contributed by atoms with van der Waals surface area (Å²) in [7, 11) is 1.61. The van der Waals surface area contributed by atoms with Crippen molar-refractivity contribution in [1.82, 2.24) is 5.32 Å². The van der Waals surface area contributed by atoms with Gasteiger partial charge in [0, 0.05) is 25.3 Å². The average molecular weight is 289 g/mol. The number of benzene rings is 1. The molecule has 3 N–H and O–H groups in total. The Morgan fingerprint density at radius 3 is 2.79 bits per heavy atom. The van der Waals surface area contributed by atoms with Crippen molar-refractivity contribution in [1.29, 1.82) is 0 Å². The largest absolute Gasteiger partial charge is 0.491 e. The first kappa shape index (κ1) is 17.7. The molecule has 0 saturated heterocycles. The number of hydrogen-bond donors (Lipinski definition) is 2. The average Bonchev–Trinajstić information content (AvgIpc) is 2.39. The van der Waals surface area contributed by atoms with Gasteiger partial charge in [0.1, 0.15) is 12.4 Å². The van der Waals surface area contributed by atoms with Gasteiger partial charge >= 0.3 is 0 Å². The van der Waals surface area contributed by atoms with Gasteiger partial charge in [0.25, 0.3) is 5.91 Å². The third kappa shape index (κ3) is 6.42. The lowest BCUT2D eigenvalue weighted by Crippen LogP contribution is -2.37. The van der Waals surface area contributed by atoms with Crippen LogP contribution in [0.1, 0.15) is 17.3 Å². The number of halogens is 1. The van der Waals surface area contributed by atoms with Crippen molar-refractivity contribution in [3.8, 4) is 5.75 Å². The fourth-order valence-corrected chi connectivity index (χ4v) is 1.34. The summed E-state index contributed by atoms with van der Waals surface area (Å²) >= 11 is 0. The third-order valence-electron chi connectivity index (χ3n) is 2.38. The van der Waals surface area contributed by atoms with E-state index in [0.717, 1.165) is 0 Å². The molecule has 0 aliphatic carbocycles. The summed E-state index contributed by atoms with van der Waals surface area (Å²) in [6.07, 6.45) is 0. The van der Waals surface area contributed by atoms with E-state index >= 15 is 0 Å². The van der Waals surface area contributed by atoms with E-state index in [2.05, 4.69) is 5.32 Å². The zero-order valence-electron chi connectivity index (χ0n) is 11.2. The summed E-state index contributed by atoms with van der Waals surface area (Å²) in [5.41, 5.74) is 6.02. The van der Waals surface area contributed by atoms with Crippen LogP contribution in [0.5, 0.6) is 5.75 Å². The van der Waals surface area contributed by atoms with Gasteiger partial charge < -0.3 is 20.5 Å². The predicted molar refractivity (Wildman–Crippen MR) is 77.0 cm³/mol. The van der Waals surface area contributed by atoms with Crippen molar-refractivity contribution in [2.75, 3.05) is 26.9 Å². The summed E-state index contributed by atoms with van der Waals surface area (Å²) in [5, 5.41) is 2.80. The monoisotopic (exact) mass is 288 g/mol. The van der Waals surface area contributed by atoms with Crippen LogP contribution >= 0.6 is 12.4 Å².